The molecule has 0 saturated carbocycles. The first-order chi connectivity index (χ1) is 8.33. The molecule has 0 saturated heterocycles. The molecule has 0 aliphatic rings. The molecular weight excluding hydrogens is 238 g/mol. The van der Waals surface area contributed by atoms with Gasteiger partial charge >= 0.3 is 5.76 Å². The molecule has 0 fully saturated rings. The summed E-state index contributed by atoms with van der Waals surface area (Å²) in [6.07, 6.45) is 4.25. The normalized spacial score (nSPS) is 11.1. The molecule has 0 spiro atoms. The van der Waals surface area contributed by atoms with E-state index in [9.17, 15) is 4.79 Å². The summed E-state index contributed by atoms with van der Waals surface area (Å²) in [6, 6.07) is 7.52. The predicted octanol–water partition coefficient (Wildman–Crippen LogP) is 3.39. The van der Waals surface area contributed by atoms with E-state index < -0.39 is 0 Å². The van der Waals surface area contributed by atoms with Crippen molar-refractivity contribution in [3.63, 3.8) is 0 Å². The SMILES string of the molecule is O=c1oc2ccccc2n1CCCCCCCl. The fraction of sp³-hybridized carbons (Fsp3) is 0.462. The minimum absolute atomic E-state index is 0.261. The van der Waals surface area contributed by atoms with Gasteiger partial charge in [0.25, 0.3) is 0 Å². The van der Waals surface area contributed by atoms with Crippen molar-refractivity contribution < 1.29 is 4.42 Å². The number of aromatic nitrogens is 1. The van der Waals surface area contributed by atoms with Gasteiger partial charge in [0.15, 0.2) is 5.58 Å². The molecule has 0 atom stereocenters. The summed E-state index contributed by atoms with van der Waals surface area (Å²) in [7, 11) is 0. The van der Waals surface area contributed by atoms with Gasteiger partial charge in [0.05, 0.1) is 5.52 Å². The van der Waals surface area contributed by atoms with Gasteiger partial charge in [-0.2, -0.15) is 0 Å². The zero-order valence-electron chi connectivity index (χ0n) is 9.69. The summed E-state index contributed by atoms with van der Waals surface area (Å²) in [5, 5.41) is 0. The maximum absolute atomic E-state index is 11.6. The zero-order valence-corrected chi connectivity index (χ0v) is 10.4. The third kappa shape index (κ3) is 2.91. The summed E-state index contributed by atoms with van der Waals surface area (Å²) in [4.78, 5) is 11.6. The second kappa shape index (κ2) is 5.92. The lowest BCUT2D eigenvalue weighted by Crippen LogP contribution is -2.14. The van der Waals surface area contributed by atoms with Crippen LogP contribution in [0.15, 0.2) is 33.5 Å². The fourth-order valence-corrected chi connectivity index (χ4v) is 2.13. The molecule has 4 heteroatoms. The van der Waals surface area contributed by atoms with Crippen LogP contribution >= 0.6 is 11.6 Å². The number of hydrogen-bond donors (Lipinski definition) is 0. The van der Waals surface area contributed by atoms with Gasteiger partial charge in [-0.15, -0.1) is 11.6 Å². The van der Waals surface area contributed by atoms with Gasteiger partial charge < -0.3 is 4.42 Å². The van der Waals surface area contributed by atoms with Crippen molar-refractivity contribution >= 4 is 22.7 Å². The van der Waals surface area contributed by atoms with E-state index in [1.54, 1.807) is 4.57 Å². The Morgan fingerprint density at radius 1 is 1.12 bits per heavy atom. The number of fused-ring (bicyclic) bond motifs is 1. The Balaban J connectivity index is 2.03. The van der Waals surface area contributed by atoms with Crippen molar-refractivity contribution in [2.24, 2.45) is 0 Å². The highest BCUT2D eigenvalue weighted by molar-refractivity contribution is 6.17. The van der Waals surface area contributed by atoms with Crippen LogP contribution in [-0.4, -0.2) is 10.4 Å². The van der Waals surface area contributed by atoms with E-state index in [1.807, 2.05) is 24.3 Å². The van der Waals surface area contributed by atoms with Crippen LogP contribution in [0.5, 0.6) is 0 Å². The summed E-state index contributed by atoms with van der Waals surface area (Å²) in [5.74, 6) is 0.456. The van der Waals surface area contributed by atoms with E-state index in [-0.39, 0.29) is 5.76 Å². The van der Waals surface area contributed by atoms with Gasteiger partial charge in [-0.25, -0.2) is 4.79 Å². The topological polar surface area (TPSA) is 35.1 Å². The molecule has 1 aromatic heterocycles. The number of aryl methyl sites for hydroxylation is 1. The average molecular weight is 254 g/mol. The molecule has 1 heterocycles. The Hall–Kier alpha value is -1.22. The molecule has 2 aromatic rings. The second-order valence-corrected chi connectivity index (χ2v) is 4.47. The molecule has 92 valence electrons. The first-order valence-corrected chi connectivity index (χ1v) is 6.50. The van der Waals surface area contributed by atoms with Crippen LogP contribution < -0.4 is 5.76 Å². The summed E-state index contributed by atoms with van der Waals surface area (Å²) in [6.45, 7) is 0.720. The average Bonchev–Trinajstić information content (AvgIpc) is 2.65. The van der Waals surface area contributed by atoms with Crippen LogP contribution in [0.25, 0.3) is 11.1 Å². The van der Waals surface area contributed by atoms with E-state index in [1.165, 1.54) is 0 Å². The number of hydrogen-bond acceptors (Lipinski definition) is 2. The van der Waals surface area contributed by atoms with E-state index in [4.69, 9.17) is 16.0 Å². The molecule has 0 aliphatic carbocycles. The van der Waals surface area contributed by atoms with Gasteiger partial charge in [0.1, 0.15) is 0 Å². The third-order valence-electron chi connectivity index (χ3n) is 2.84. The van der Waals surface area contributed by atoms with Gasteiger partial charge in [0, 0.05) is 12.4 Å². The molecule has 0 radical (unpaired) electrons. The monoisotopic (exact) mass is 253 g/mol. The van der Waals surface area contributed by atoms with Crippen LogP contribution in [0.2, 0.25) is 0 Å². The lowest BCUT2D eigenvalue weighted by atomic mass is 10.2. The fourth-order valence-electron chi connectivity index (χ4n) is 1.94. The molecule has 0 unspecified atom stereocenters. The number of alkyl halides is 1. The summed E-state index contributed by atoms with van der Waals surface area (Å²) in [5.41, 5.74) is 1.55. The molecule has 0 N–H and O–H groups in total. The van der Waals surface area contributed by atoms with Crippen molar-refractivity contribution in [2.45, 2.75) is 32.2 Å². The Morgan fingerprint density at radius 2 is 1.88 bits per heavy atom. The van der Waals surface area contributed by atoms with Crippen molar-refractivity contribution in [1.82, 2.24) is 4.57 Å². The van der Waals surface area contributed by atoms with Gasteiger partial charge in [-0.1, -0.05) is 25.0 Å². The highest BCUT2D eigenvalue weighted by atomic mass is 35.5. The minimum Gasteiger partial charge on any atom is -0.408 e. The molecule has 0 bridgehead atoms. The lowest BCUT2D eigenvalue weighted by molar-refractivity contribution is 0.489. The number of nitrogens with zero attached hydrogens (tertiary/aromatic N) is 1. The van der Waals surface area contributed by atoms with Crippen molar-refractivity contribution in [3.8, 4) is 0 Å². The maximum atomic E-state index is 11.6. The van der Waals surface area contributed by atoms with E-state index in [0.717, 1.165) is 37.7 Å². The third-order valence-corrected chi connectivity index (χ3v) is 3.11. The maximum Gasteiger partial charge on any atom is 0.419 e. The minimum atomic E-state index is -0.261. The van der Waals surface area contributed by atoms with Crippen LogP contribution in [0.1, 0.15) is 25.7 Å². The van der Waals surface area contributed by atoms with Crippen LogP contribution in [0.4, 0.5) is 0 Å². The number of benzene rings is 1. The quantitative estimate of drug-likeness (QED) is 0.584. The Kier molecular flexibility index (Phi) is 4.26. The molecule has 1 aromatic carbocycles. The van der Waals surface area contributed by atoms with Crippen molar-refractivity contribution in [3.05, 3.63) is 34.8 Å². The molecule has 0 amide bonds. The van der Waals surface area contributed by atoms with E-state index in [0.29, 0.717) is 11.5 Å². The smallest absolute Gasteiger partial charge is 0.408 e. The number of oxazole rings is 1. The Labute approximate surface area is 105 Å². The van der Waals surface area contributed by atoms with Gasteiger partial charge in [0.2, 0.25) is 0 Å². The first-order valence-electron chi connectivity index (χ1n) is 5.97. The highest BCUT2D eigenvalue weighted by Gasteiger charge is 2.07. The number of para-hydroxylation sites is 2. The Bertz CT molecular complexity index is 529. The highest BCUT2D eigenvalue weighted by Crippen LogP contribution is 2.13. The zero-order chi connectivity index (χ0) is 12.1. The molecular formula is C13H16ClNO2. The van der Waals surface area contributed by atoms with Crippen molar-refractivity contribution in [2.75, 3.05) is 5.88 Å². The lowest BCUT2D eigenvalue weighted by Gasteiger charge is -2.01. The van der Waals surface area contributed by atoms with Crippen LogP contribution in [0, 0.1) is 0 Å². The molecule has 17 heavy (non-hydrogen) atoms. The van der Waals surface area contributed by atoms with Crippen molar-refractivity contribution in [1.29, 1.82) is 0 Å². The Morgan fingerprint density at radius 3 is 2.71 bits per heavy atom. The van der Waals surface area contributed by atoms with E-state index >= 15 is 0 Å². The number of halogens is 1. The largest absolute Gasteiger partial charge is 0.419 e. The molecule has 0 aliphatic heterocycles. The van der Waals surface area contributed by atoms with E-state index in [2.05, 4.69) is 0 Å². The number of rotatable bonds is 6. The summed E-state index contributed by atoms with van der Waals surface area (Å²) >= 11 is 5.61. The first kappa shape index (κ1) is 12.2. The molecule has 2 rings (SSSR count). The van der Waals surface area contributed by atoms with Gasteiger partial charge in [-0.05, 0) is 25.0 Å². The molecule has 3 nitrogen and oxygen atoms in total. The van der Waals surface area contributed by atoms with Gasteiger partial charge in [-0.3, -0.25) is 4.57 Å². The summed E-state index contributed by atoms with van der Waals surface area (Å²) < 4.78 is 6.87. The predicted molar refractivity (Wildman–Crippen MR) is 69.7 cm³/mol. The number of unbranched alkanes of at least 4 members (excludes halogenated alkanes) is 3. The standard InChI is InChI=1S/C13H16ClNO2/c14-9-5-1-2-6-10-15-11-7-3-4-8-12(11)17-13(15)16/h3-4,7-8H,1-2,5-6,9-10H2. The van der Waals surface area contributed by atoms with Crippen LogP contribution in [-0.2, 0) is 6.54 Å². The van der Waals surface area contributed by atoms with Crippen LogP contribution in [0.3, 0.4) is 0 Å². The second-order valence-electron chi connectivity index (χ2n) is 4.09.